The number of aromatic amines is 1. The standard InChI is InChI=1S/C34H42N4O3/c39-33-21-29(11-14-35-33)38-17-18-40-32(23-38)30-8-4-7-25-19-26-20-28(9-10-31(26)41-34(25)30)36-27-12-15-37(16-13-27)22-24-5-2-1-3-6-24/h4,7-11,14,20-21,24,27,32,36H,1-3,5-6,12-13,15-19,22-23H2,(H,35,39). The van der Waals surface area contributed by atoms with E-state index in [0.29, 0.717) is 19.2 Å². The molecule has 3 fully saturated rings. The lowest BCUT2D eigenvalue weighted by Crippen LogP contribution is -2.41. The fourth-order valence-electron chi connectivity index (χ4n) is 7.28. The second-order valence-electron chi connectivity index (χ2n) is 12.4. The number of morpholine rings is 1. The Morgan fingerprint density at radius 3 is 2.66 bits per heavy atom. The summed E-state index contributed by atoms with van der Waals surface area (Å²) in [4.78, 5) is 19.5. The Bertz CT molecular complexity index is 1410. The highest BCUT2D eigenvalue weighted by molar-refractivity contribution is 5.59. The minimum Gasteiger partial charge on any atom is -0.456 e. The zero-order valence-electron chi connectivity index (χ0n) is 23.9. The molecule has 2 aromatic carbocycles. The van der Waals surface area contributed by atoms with Gasteiger partial charge in [0.25, 0.3) is 0 Å². The first-order valence-electron chi connectivity index (χ1n) is 15.6. The Morgan fingerprint density at radius 1 is 0.927 bits per heavy atom. The minimum absolute atomic E-state index is 0.0865. The summed E-state index contributed by atoms with van der Waals surface area (Å²) in [6, 6.07) is 17.1. The van der Waals surface area contributed by atoms with Gasteiger partial charge in [0, 0.05) is 80.0 Å². The number of benzene rings is 2. The van der Waals surface area contributed by atoms with Crippen LogP contribution in [-0.2, 0) is 11.2 Å². The van der Waals surface area contributed by atoms with Crippen LogP contribution in [0.1, 0.15) is 67.7 Å². The first kappa shape index (κ1) is 26.6. The average molecular weight is 555 g/mol. The van der Waals surface area contributed by atoms with Crippen molar-refractivity contribution < 1.29 is 9.47 Å². The van der Waals surface area contributed by atoms with Gasteiger partial charge in [-0.05, 0) is 61.4 Å². The van der Waals surface area contributed by atoms with Gasteiger partial charge in [-0.25, -0.2) is 0 Å². The van der Waals surface area contributed by atoms with E-state index in [9.17, 15) is 4.79 Å². The number of H-pyrrole nitrogens is 1. The summed E-state index contributed by atoms with van der Waals surface area (Å²) < 4.78 is 12.8. The molecule has 3 aliphatic heterocycles. The second-order valence-corrected chi connectivity index (χ2v) is 12.4. The number of piperidine rings is 1. The van der Waals surface area contributed by atoms with Crippen molar-refractivity contribution in [3.8, 4) is 11.5 Å². The maximum absolute atomic E-state index is 11.9. The Labute approximate surface area is 242 Å². The van der Waals surface area contributed by atoms with Crippen molar-refractivity contribution in [3.05, 3.63) is 81.8 Å². The van der Waals surface area contributed by atoms with Crippen molar-refractivity contribution in [2.75, 3.05) is 49.5 Å². The lowest BCUT2D eigenvalue weighted by atomic mass is 9.88. The molecule has 1 atom stereocenters. The van der Waals surface area contributed by atoms with Gasteiger partial charge in [-0.15, -0.1) is 0 Å². The van der Waals surface area contributed by atoms with Gasteiger partial charge >= 0.3 is 0 Å². The van der Waals surface area contributed by atoms with E-state index in [4.69, 9.17) is 9.47 Å². The molecule has 0 radical (unpaired) electrons. The monoisotopic (exact) mass is 554 g/mol. The Balaban J connectivity index is 0.994. The zero-order chi connectivity index (χ0) is 27.6. The van der Waals surface area contributed by atoms with Crippen molar-refractivity contribution >= 4 is 11.4 Å². The number of para-hydroxylation sites is 1. The van der Waals surface area contributed by atoms with Crippen LogP contribution in [0.25, 0.3) is 0 Å². The molecule has 7 heteroatoms. The molecule has 0 spiro atoms. The molecule has 7 rings (SSSR count). The maximum atomic E-state index is 11.9. The predicted octanol–water partition coefficient (Wildman–Crippen LogP) is 6.11. The van der Waals surface area contributed by atoms with Crippen LogP contribution in [0.4, 0.5) is 11.4 Å². The molecular formula is C34H42N4O3. The lowest BCUT2D eigenvalue weighted by Gasteiger charge is -2.36. The van der Waals surface area contributed by atoms with E-state index in [-0.39, 0.29) is 11.7 Å². The van der Waals surface area contributed by atoms with Gasteiger partial charge in [0.05, 0.1) is 6.61 Å². The summed E-state index contributed by atoms with van der Waals surface area (Å²) in [6.45, 7) is 5.76. The normalized spacial score (nSPS) is 22.0. The van der Waals surface area contributed by atoms with Crippen molar-refractivity contribution in [1.29, 1.82) is 0 Å². The molecule has 1 aromatic heterocycles. The molecule has 4 aliphatic rings. The molecule has 0 bridgehead atoms. The molecule has 1 saturated carbocycles. The highest BCUT2D eigenvalue weighted by atomic mass is 16.5. The first-order chi connectivity index (χ1) is 20.2. The van der Waals surface area contributed by atoms with Gasteiger partial charge in [0.15, 0.2) is 0 Å². The highest BCUT2D eigenvalue weighted by Crippen LogP contribution is 2.43. The third kappa shape index (κ3) is 6.02. The highest BCUT2D eigenvalue weighted by Gasteiger charge is 2.29. The van der Waals surface area contributed by atoms with Crippen LogP contribution in [0.2, 0.25) is 0 Å². The number of nitrogens with zero attached hydrogens (tertiary/aromatic N) is 2. The molecule has 7 nitrogen and oxygen atoms in total. The van der Waals surface area contributed by atoms with E-state index in [1.54, 1.807) is 12.3 Å². The summed E-state index contributed by atoms with van der Waals surface area (Å²) in [6.07, 6.45) is 12.0. The predicted molar refractivity (Wildman–Crippen MR) is 163 cm³/mol. The van der Waals surface area contributed by atoms with Gasteiger partial charge in [-0.2, -0.15) is 0 Å². The maximum Gasteiger partial charge on any atom is 0.249 e. The van der Waals surface area contributed by atoms with Gasteiger partial charge in [0.2, 0.25) is 5.56 Å². The third-order valence-corrected chi connectivity index (χ3v) is 9.52. The number of hydrogen-bond donors (Lipinski definition) is 2. The molecule has 2 N–H and O–H groups in total. The van der Waals surface area contributed by atoms with Crippen LogP contribution >= 0.6 is 0 Å². The quantitative estimate of drug-likeness (QED) is 0.300. The fraction of sp³-hybridized carbons (Fsp3) is 0.500. The molecule has 3 aromatic rings. The van der Waals surface area contributed by atoms with Gasteiger partial charge in [0.1, 0.15) is 17.6 Å². The van der Waals surface area contributed by atoms with E-state index in [1.807, 2.05) is 6.07 Å². The Kier molecular flexibility index (Phi) is 7.72. The van der Waals surface area contributed by atoms with Crippen molar-refractivity contribution in [2.24, 2.45) is 5.92 Å². The summed E-state index contributed by atoms with van der Waals surface area (Å²) in [7, 11) is 0. The SMILES string of the molecule is O=c1cc(N2CCOC(c3cccc4c3Oc3ccc(NC5CCN(CC6CCCCC6)CC5)cc3C4)C2)cc[nH]1. The van der Waals surface area contributed by atoms with Crippen molar-refractivity contribution in [3.63, 3.8) is 0 Å². The van der Waals surface area contributed by atoms with E-state index in [2.05, 4.69) is 56.5 Å². The minimum atomic E-state index is -0.121. The van der Waals surface area contributed by atoms with E-state index >= 15 is 0 Å². The van der Waals surface area contributed by atoms with Gasteiger partial charge < -0.3 is 29.6 Å². The zero-order valence-corrected chi connectivity index (χ0v) is 23.9. The number of fused-ring (bicyclic) bond motifs is 2. The summed E-state index contributed by atoms with van der Waals surface area (Å²) in [5.74, 6) is 2.78. The summed E-state index contributed by atoms with van der Waals surface area (Å²) in [5, 5.41) is 3.83. The number of ether oxygens (including phenoxy) is 2. The van der Waals surface area contributed by atoms with Crippen LogP contribution in [0.5, 0.6) is 11.5 Å². The van der Waals surface area contributed by atoms with Crippen LogP contribution in [0, 0.1) is 5.92 Å². The number of pyridine rings is 1. The van der Waals surface area contributed by atoms with E-state index in [1.165, 1.54) is 81.4 Å². The molecule has 41 heavy (non-hydrogen) atoms. The lowest BCUT2D eigenvalue weighted by molar-refractivity contribution is 0.0384. The van der Waals surface area contributed by atoms with Crippen molar-refractivity contribution in [1.82, 2.24) is 9.88 Å². The van der Waals surface area contributed by atoms with E-state index in [0.717, 1.165) is 41.6 Å². The average Bonchev–Trinajstić information content (AvgIpc) is 3.01. The number of likely N-dealkylation sites (tertiary alicyclic amines) is 1. The number of aromatic nitrogens is 1. The summed E-state index contributed by atoms with van der Waals surface area (Å²) >= 11 is 0. The topological polar surface area (TPSA) is 69.8 Å². The molecule has 216 valence electrons. The molecular weight excluding hydrogens is 512 g/mol. The largest absolute Gasteiger partial charge is 0.456 e. The van der Waals surface area contributed by atoms with Crippen LogP contribution in [-0.4, -0.2) is 55.3 Å². The smallest absolute Gasteiger partial charge is 0.249 e. The van der Waals surface area contributed by atoms with Crippen LogP contribution in [0.15, 0.2) is 59.5 Å². The Hall–Kier alpha value is -3.29. The van der Waals surface area contributed by atoms with Crippen molar-refractivity contribution in [2.45, 2.75) is 63.5 Å². The molecule has 1 unspecified atom stereocenters. The fourth-order valence-corrected chi connectivity index (χ4v) is 7.28. The Morgan fingerprint density at radius 2 is 1.80 bits per heavy atom. The molecule has 1 aliphatic carbocycles. The molecule has 0 amide bonds. The van der Waals surface area contributed by atoms with Crippen LogP contribution < -0.4 is 20.5 Å². The van der Waals surface area contributed by atoms with Gasteiger partial charge in [-0.3, -0.25) is 4.79 Å². The van der Waals surface area contributed by atoms with Gasteiger partial charge in [-0.1, -0.05) is 37.5 Å². The second kappa shape index (κ2) is 11.9. The van der Waals surface area contributed by atoms with Crippen LogP contribution in [0.3, 0.4) is 0 Å². The number of anilines is 2. The molecule has 4 heterocycles. The first-order valence-corrected chi connectivity index (χ1v) is 15.6. The number of hydrogen-bond acceptors (Lipinski definition) is 6. The van der Waals surface area contributed by atoms with E-state index < -0.39 is 0 Å². The third-order valence-electron chi connectivity index (χ3n) is 9.52. The summed E-state index contributed by atoms with van der Waals surface area (Å²) in [5.41, 5.74) is 5.53. The molecule has 2 saturated heterocycles. The number of rotatable bonds is 6. The number of nitrogens with one attached hydrogen (secondary N) is 2.